The predicted molar refractivity (Wildman–Crippen MR) is 112 cm³/mol. The number of halogens is 2. The molecule has 4 nitrogen and oxygen atoms in total. The van der Waals surface area contributed by atoms with Crippen LogP contribution in [0.25, 0.3) is 10.2 Å². The summed E-state index contributed by atoms with van der Waals surface area (Å²) in [5.41, 5.74) is 3.31. The second-order valence-electron chi connectivity index (χ2n) is 6.18. The van der Waals surface area contributed by atoms with E-state index in [0.29, 0.717) is 40.2 Å². The van der Waals surface area contributed by atoms with Crippen molar-refractivity contribution in [3.63, 3.8) is 0 Å². The molecule has 0 saturated carbocycles. The first-order valence-corrected chi connectivity index (χ1v) is 10.2. The Morgan fingerprint density at radius 2 is 2.00 bits per heavy atom. The molecule has 3 rings (SSSR count). The topological polar surface area (TPSA) is 43.6 Å². The van der Waals surface area contributed by atoms with Crippen molar-refractivity contribution in [3.05, 3.63) is 61.9 Å². The van der Waals surface area contributed by atoms with Gasteiger partial charge in [-0.2, -0.15) is 4.99 Å². The number of ether oxygens (including phenoxy) is 1. The predicted octanol–water partition coefficient (Wildman–Crippen LogP) is 5.40. The van der Waals surface area contributed by atoms with Gasteiger partial charge in [-0.15, -0.1) is 0 Å². The smallest absolute Gasteiger partial charge is 0.279 e. The molecular weight excluding hydrogens is 403 g/mol. The number of hydrogen-bond donors (Lipinski definition) is 0. The van der Waals surface area contributed by atoms with Gasteiger partial charge >= 0.3 is 0 Å². The Hall–Kier alpha value is -1.66. The molecule has 1 aromatic heterocycles. The number of aryl methyl sites for hydroxylation is 2. The number of amides is 1. The maximum absolute atomic E-state index is 12.8. The van der Waals surface area contributed by atoms with Crippen LogP contribution >= 0.6 is 34.5 Å². The molecule has 0 spiro atoms. The zero-order valence-electron chi connectivity index (χ0n) is 15.4. The summed E-state index contributed by atoms with van der Waals surface area (Å²) in [7, 11) is 0. The lowest BCUT2D eigenvalue weighted by Gasteiger charge is -2.07. The second-order valence-corrected chi connectivity index (χ2v) is 7.97. The molecule has 0 fully saturated rings. The van der Waals surface area contributed by atoms with Crippen LogP contribution in [0.4, 0.5) is 0 Å². The maximum Gasteiger partial charge on any atom is 0.279 e. The summed E-state index contributed by atoms with van der Waals surface area (Å²) in [5, 5.41) is 0.932. The number of carbonyl (C=O) groups excluding carboxylic acids is 1. The fourth-order valence-corrected chi connectivity index (χ4v) is 4.35. The van der Waals surface area contributed by atoms with Crippen molar-refractivity contribution in [2.24, 2.45) is 4.99 Å². The van der Waals surface area contributed by atoms with E-state index in [1.54, 1.807) is 6.07 Å². The minimum atomic E-state index is -0.268. The van der Waals surface area contributed by atoms with Gasteiger partial charge in [0.25, 0.3) is 5.91 Å². The molecule has 0 N–H and O–H groups in total. The van der Waals surface area contributed by atoms with Crippen molar-refractivity contribution in [2.75, 3.05) is 13.2 Å². The number of carbonyl (C=O) groups is 1. The Morgan fingerprint density at radius 1 is 1.22 bits per heavy atom. The van der Waals surface area contributed by atoms with E-state index < -0.39 is 0 Å². The number of aromatic nitrogens is 1. The van der Waals surface area contributed by atoms with Crippen LogP contribution in [0.1, 0.15) is 28.4 Å². The van der Waals surface area contributed by atoms with E-state index >= 15 is 0 Å². The lowest BCUT2D eigenvalue weighted by Crippen LogP contribution is -2.20. The van der Waals surface area contributed by atoms with Crippen LogP contribution in [0, 0.1) is 13.8 Å². The van der Waals surface area contributed by atoms with Crippen molar-refractivity contribution in [3.8, 4) is 0 Å². The van der Waals surface area contributed by atoms with E-state index in [2.05, 4.69) is 4.99 Å². The molecule has 142 valence electrons. The van der Waals surface area contributed by atoms with E-state index in [1.807, 2.05) is 49.6 Å². The fraction of sp³-hybridized carbons (Fsp3) is 0.300. The number of thiazole rings is 1. The number of benzene rings is 2. The summed E-state index contributed by atoms with van der Waals surface area (Å²) >= 11 is 14.1. The van der Waals surface area contributed by atoms with Crippen LogP contribution in [-0.4, -0.2) is 23.7 Å². The minimum Gasteiger partial charge on any atom is -0.380 e. The van der Waals surface area contributed by atoms with E-state index in [1.165, 1.54) is 11.3 Å². The molecule has 2 aromatic carbocycles. The summed E-state index contributed by atoms with van der Waals surface area (Å²) in [4.78, 5) is 17.8. The summed E-state index contributed by atoms with van der Waals surface area (Å²) in [6.07, 6.45) is 0. The average molecular weight is 423 g/mol. The molecule has 0 radical (unpaired) electrons. The summed E-state index contributed by atoms with van der Waals surface area (Å²) in [6.45, 7) is 7.45. The standard InChI is InChI=1S/C20H20Cl2N2O2S/c1-4-26-10-9-24-18-16(8-7-15(21)17(18)22)27-20(24)23-19(25)14-11-12(2)5-6-13(14)3/h5-8,11H,4,9-10H2,1-3H3. The van der Waals surface area contributed by atoms with E-state index in [-0.39, 0.29) is 5.91 Å². The molecule has 27 heavy (non-hydrogen) atoms. The van der Waals surface area contributed by atoms with Crippen molar-refractivity contribution in [2.45, 2.75) is 27.3 Å². The molecule has 0 aliphatic carbocycles. The first kappa shape index (κ1) is 20.1. The van der Waals surface area contributed by atoms with Gasteiger partial charge in [0.1, 0.15) is 0 Å². The largest absolute Gasteiger partial charge is 0.380 e. The van der Waals surface area contributed by atoms with Gasteiger partial charge in [-0.1, -0.05) is 52.2 Å². The number of nitrogens with zero attached hydrogens (tertiary/aromatic N) is 2. The van der Waals surface area contributed by atoms with Crippen molar-refractivity contribution in [1.29, 1.82) is 0 Å². The van der Waals surface area contributed by atoms with Gasteiger partial charge in [-0.25, -0.2) is 0 Å². The molecule has 0 unspecified atom stereocenters. The van der Waals surface area contributed by atoms with Crippen LogP contribution < -0.4 is 4.80 Å². The van der Waals surface area contributed by atoms with Gasteiger partial charge in [-0.3, -0.25) is 4.79 Å². The first-order valence-electron chi connectivity index (χ1n) is 8.63. The number of hydrogen-bond acceptors (Lipinski definition) is 3. The molecule has 3 aromatic rings. The van der Waals surface area contributed by atoms with Crippen LogP contribution in [0.3, 0.4) is 0 Å². The van der Waals surface area contributed by atoms with Crippen molar-refractivity contribution < 1.29 is 9.53 Å². The Morgan fingerprint density at radius 3 is 2.74 bits per heavy atom. The van der Waals surface area contributed by atoms with Crippen LogP contribution in [0.2, 0.25) is 10.0 Å². The molecule has 1 heterocycles. The van der Waals surface area contributed by atoms with E-state index in [9.17, 15) is 4.79 Å². The zero-order chi connectivity index (χ0) is 19.6. The highest BCUT2D eigenvalue weighted by Crippen LogP contribution is 2.32. The summed E-state index contributed by atoms with van der Waals surface area (Å²) < 4.78 is 8.32. The van der Waals surface area contributed by atoms with Gasteiger partial charge in [0.15, 0.2) is 4.80 Å². The van der Waals surface area contributed by atoms with E-state index in [4.69, 9.17) is 27.9 Å². The van der Waals surface area contributed by atoms with Gasteiger partial charge < -0.3 is 9.30 Å². The first-order chi connectivity index (χ1) is 12.9. The molecule has 1 amide bonds. The Bertz CT molecular complexity index is 1070. The number of fused-ring (bicyclic) bond motifs is 1. The highest BCUT2D eigenvalue weighted by Gasteiger charge is 2.15. The second kappa shape index (κ2) is 8.57. The number of rotatable bonds is 5. The quantitative estimate of drug-likeness (QED) is 0.516. The highest BCUT2D eigenvalue weighted by molar-refractivity contribution is 7.16. The maximum atomic E-state index is 12.8. The lowest BCUT2D eigenvalue weighted by molar-refractivity contribution is 0.0996. The van der Waals surface area contributed by atoms with Crippen molar-refractivity contribution in [1.82, 2.24) is 4.57 Å². The monoisotopic (exact) mass is 422 g/mol. The normalized spacial score (nSPS) is 12.1. The summed E-state index contributed by atoms with van der Waals surface area (Å²) in [5.74, 6) is -0.268. The van der Waals surface area contributed by atoms with Crippen LogP contribution in [0.15, 0.2) is 35.3 Å². The molecular formula is C20H20Cl2N2O2S. The van der Waals surface area contributed by atoms with Crippen LogP contribution in [0.5, 0.6) is 0 Å². The van der Waals surface area contributed by atoms with Gasteiger partial charge in [0, 0.05) is 18.7 Å². The molecule has 0 atom stereocenters. The Balaban J connectivity index is 2.16. The third-order valence-corrected chi connectivity index (χ3v) is 6.06. The SMILES string of the molecule is CCOCCn1c(=NC(=O)c2cc(C)ccc2C)sc2ccc(Cl)c(Cl)c21. The Labute approximate surface area is 172 Å². The van der Waals surface area contributed by atoms with Crippen molar-refractivity contribution >= 4 is 50.7 Å². The lowest BCUT2D eigenvalue weighted by atomic mass is 10.1. The molecule has 0 aliphatic rings. The van der Waals surface area contributed by atoms with Gasteiger partial charge in [0.05, 0.1) is 26.9 Å². The third kappa shape index (κ3) is 4.27. The Kier molecular flexibility index (Phi) is 6.37. The molecule has 0 bridgehead atoms. The van der Waals surface area contributed by atoms with Gasteiger partial charge in [-0.05, 0) is 44.5 Å². The summed E-state index contributed by atoms with van der Waals surface area (Å²) in [6, 6.07) is 9.43. The molecule has 7 heteroatoms. The fourth-order valence-electron chi connectivity index (χ4n) is 2.81. The van der Waals surface area contributed by atoms with E-state index in [0.717, 1.165) is 21.3 Å². The average Bonchev–Trinajstić information content (AvgIpc) is 2.98. The highest BCUT2D eigenvalue weighted by atomic mass is 35.5. The molecule has 0 saturated heterocycles. The molecule has 0 aliphatic heterocycles. The third-order valence-electron chi connectivity index (χ3n) is 4.22. The van der Waals surface area contributed by atoms with Crippen LogP contribution in [-0.2, 0) is 11.3 Å². The zero-order valence-corrected chi connectivity index (χ0v) is 17.7. The van der Waals surface area contributed by atoms with Gasteiger partial charge in [0.2, 0.25) is 0 Å². The minimum absolute atomic E-state index is 0.268.